The van der Waals surface area contributed by atoms with E-state index < -0.39 is 0 Å². The second-order valence-electron chi connectivity index (χ2n) is 8.07. The number of fused-ring (bicyclic) bond motifs is 2. The second-order valence-corrected chi connectivity index (χ2v) is 8.07. The number of aromatic nitrogens is 5. The summed E-state index contributed by atoms with van der Waals surface area (Å²) >= 11 is 0. The lowest BCUT2D eigenvalue weighted by atomic mass is 9.86. The zero-order chi connectivity index (χ0) is 20.2. The SMILES string of the molecule is CCn1ccc(CN2CC3(CC(NC(=O)c4oc(C)nc4C)c4nccn43)C2)n1. The van der Waals surface area contributed by atoms with Gasteiger partial charge in [-0.25, -0.2) is 9.97 Å². The summed E-state index contributed by atoms with van der Waals surface area (Å²) in [6, 6.07) is 1.94. The number of carbonyl (C=O) groups is 1. The van der Waals surface area contributed by atoms with Crippen LogP contribution in [0.15, 0.2) is 29.1 Å². The summed E-state index contributed by atoms with van der Waals surface area (Å²) in [7, 11) is 0. The first-order chi connectivity index (χ1) is 14.0. The number of imidazole rings is 1. The van der Waals surface area contributed by atoms with Gasteiger partial charge in [0.1, 0.15) is 5.82 Å². The van der Waals surface area contributed by atoms with Gasteiger partial charge in [0.15, 0.2) is 5.89 Å². The minimum Gasteiger partial charge on any atom is -0.436 e. The molecule has 2 aliphatic rings. The lowest BCUT2D eigenvalue weighted by Gasteiger charge is -2.49. The summed E-state index contributed by atoms with van der Waals surface area (Å²) < 4.78 is 9.66. The van der Waals surface area contributed by atoms with Crippen molar-refractivity contribution in [1.29, 1.82) is 0 Å². The highest BCUT2D eigenvalue weighted by Gasteiger charge is 2.52. The van der Waals surface area contributed by atoms with Crippen molar-refractivity contribution in [2.24, 2.45) is 0 Å². The predicted octanol–water partition coefficient (Wildman–Crippen LogP) is 1.79. The molecule has 5 heterocycles. The Morgan fingerprint density at radius 3 is 2.86 bits per heavy atom. The van der Waals surface area contributed by atoms with Crippen LogP contribution in [0.2, 0.25) is 0 Å². The molecule has 1 amide bonds. The summed E-state index contributed by atoms with van der Waals surface area (Å²) in [5, 5.41) is 7.68. The zero-order valence-corrected chi connectivity index (χ0v) is 16.9. The van der Waals surface area contributed by atoms with Crippen LogP contribution in [0.5, 0.6) is 0 Å². The van der Waals surface area contributed by atoms with E-state index in [1.165, 1.54) is 0 Å². The largest absolute Gasteiger partial charge is 0.436 e. The number of aryl methyl sites for hydroxylation is 3. The smallest absolute Gasteiger partial charge is 0.289 e. The Kier molecular flexibility index (Phi) is 4.09. The number of oxazole rings is 1. The first kappa shape index (κ1) is 18.1. The number of hydrogen-bond acceptors (Lipinski definition) is 6. The Hall–Kier alpha value is -2.94. The molecule has 1 spiro atoms. The molecule has 3 aromatic heterocycles. The molecule has 3 aromatic rings. The van der Waals surface area contributed by atoms with Crippen LogP contribution in [-0.4, -0.2) is 48.2 Å². The predicted molar refractivity (Wildman–Crippen MR) is 104 cm³/mol. The summed E-state index contributed by atoms with van der Waals surface area (Å²) in [6.07, 6.45) is 6.68. The molecule has 5 rings (SSSR count). The average molecular weight is 395 g/mol. The highest BCUT2D eigenvalue weighted by Crippen LogP contribution is 2.44. The standard InChI is InChI=1S/C20H25N7O2/c1-4-26-7-5-15(24-26)10-25-11-20(12-25)9-16(18-21-6-8-27(18)20)23-19(28)17-13(2)22-14(3)29-17/h5-8,16H,4,9-12H2,1-3H3,(H,23,28). The molecule has 1 N–H and O–H groups in total. The Bertz CT molecular complexity index is 1060. The maximum Gasteiger partial charge on any atom is 0.289 e. The van der Waals surface area contributed by atoms with Gasteiger partial charge in [-0.05, 0) is 19.9 Å². The monoisotopic (exact) mass is 395 g/mol. The highest BCUT2D eigenvalue weighted by atomic mass is 16.4. The van der Waals surface area contributed by atoms with Crippen molar-refractivity contribution in [2.45, 2.75) is 51.9 Å². The Labute approximate surface area is 168 Å². The van der Waals surface area contributed by atoms with Crippen LogP contribution in [0, 0.1) is 13.8 Å². The molecule has 0 aromatic carbocycles. The van der Waals surface area contributed by atoms with Crippen LogP contribution >= 0.6 is 0 Å². The van der Waals surface area contributed by atoms with E-state index in [4.69, 9.17) is 4.42 Å². The van der Waals surface area contributed by atoms with Crippen LogP contribution in [-0.2, 0) is 18.6 Å². The van der Waals surface area contributed by atoms with Gasteiger partial charge < -0.3 is 14.3 Å². The Balaban J connectivity index is 1.28. The minimum atomic E-state index is -0.235. The molecule has 0 aliphatic carbocycles. The van der Waals surface area contributed by atoms with Gasteiger partial charge >= 0.3 is 0 Å². The first-order valence-corrected chi connectivity index (χ1v) is 10.0. The van der Waals surface area contributed by atoms with Crippen LogP contribution in [0.25, 0.3) is 0 Å². The zero-order valence-electron chi connectivity index (χ0n) is 16.9. The van der Waals surface area contributed by atoms with E-state index in [0.717, 1.165) is 44.1 Å². The third-order valence-electron chi connectivity index (χ3n) is 5.93. The van der Waals surface area contributed by atoms with E-state index in [9.17, 15) is 4.79 Å². The number of likely N-dealkylation sites (tertiary alicyclic amines) is 1. The summed E-state index contributed by atoms with van der Waals surface area (Å²) in [5.74, 6) is 1.45. The second kappa shape index (κ2) is 6.55. The minimum absolute atomic E-state index is 0.0243. The lowest BCUT2D eigenvalue weighted by molar-refractivity contribution is 0.00650. The summed E-state index contributed by atoms with van der Waals surface area (Å²) in [5.41, 5.74) is 1.67. The molecule has 9 heteroatoms. The molecular weight excluding hydrogens is 370 g/mol. The number of nitrogens with one attached hydrogen (secondary N) is 1. The van der Waals surface area contributed by atoms with Crippen LogP contribution in [0.4, 0.5) is 0 Å². The van der Waals surface area contributed by atoms with Crippen molar-refractivity contribution in [3.8, 4) is 0 Å². The van der Waals surface area contributed by atoms with Gasteiger partial charge in [0.2, 0.25) is 5.76 Å². The first-order valence-electron chi connectivity index (χ1n) is 10.0. The maximum atomic E-state index is 12.7. The Morgan fingerprint density at radius 2 is 2.17 bits per heavy atom. The van der Waals surface area contributed by atoms with Crippen molar-refractivity contribution >= 4 is 5.91 Å². The molecule has 0 radical (unpaired) electrons. The van der Waals surface area contributed by atoms with Gasteiger partial charge in [-0.3, -0.25) is 14.4 Å². The topological polar surface area (TPSA) is 94.0 Å². The van der Waals surface area contributed by atoms with Gasteiger partial charge in [0, 0.05) is 58.1 Å². The van der Waals surface area contributed by atoms with Gasteiger partial charge in [0.25, 0.3) is 5.91 Å². The fourth-order valence-electron chi connectivity index (χ4n) is 4.70. The molecule has 1 unspecified atom stereocenters. The lowest BCUT2D eigenvalue weighted by Crippen LogP contribution is -2.60. The average Bonchev–Trinajstić information content (AvgIpc) is 3.40. The fraction of sp³-hybridized carbons (Fsp3) is 0.500. The molecule has 2 aliphatic heterocycles. The third-order valence-corrected chi connectivity index (χ3v) is 5.93. The molecule has 1 fully saturated rings. The molecule has 29 heavy (non-hydrogen) atoms. The molecular formula is C20H25N7O2. The van der Waals surface area contributed by atoms with Crippen molar-refractivity contribution in [1.82, 2.24) is 34.5 Å². The quantitative estimate of drug-likeness (QED) is 0.708. The summed E-state index contributed by atoms with van der Waals surface area (Å²) in [4.78, 5) is 23.8. The van der Waals surface area contributed by atoms with Crippen LogP contribution < -0.4 is 5.32 Å². The number of carbonyl (C=O) groups excluding carboxylic acids is 1. The number of nitrogens with zero attached hydrogens (tertiary/aromatic N) is 6. The van der Waals surface area contributed by atoms with Crippen LogP contribution in [0.1, 0.15) is 53.0 Å². The van der Waals surface area contributed by atoms with E-state index in [1.54, 1.807) is 13.8 Å². The van der Waals surface area contributed by atoms with E-state index in [-0.39, 0.29) is 23.2 Å². The highest BCUT2D eigenvalue weighted by molar-refractivity contribution is 5.92. The Morgan fingerprint density at radius 1 is 1.34 bits per heavy atom. The van der Waals surface area contributed by atoms with Gasteiger partial charge in [-0.15, -0.1) is 0 Å². The molecule has 152 valence electrons. The molecule has 0 saturated carbocycles. The normalized spacial score (nSPS) is 20.0. The maximum absolute atomic E-state index is 12.7. The van der Waals surface area contributed by atoms with Gasteiger partial charge in [-0.1, -0.05) is 0 Å². The molecule has 1 atom stereocenters. The van der Waals surface area contributed by atoms with Crippen molar-refractivity contribution < 1.29 is 9.21 Å². The van der Waals surface area contributed by atoms with E-state index in [2.05, 4.69) is 42.8 Å². The van der Waals surface area contributed by atoms with Crippen LogP contribution in [0.3, 0.4) is 0 Å². The molecule has 1 saturated heterocycles. The van der Waals surface area contributed by atoms with E-state index >= 15 is 0 Å². The third kappa shape index (κ3) is 2.96. The number of rotatable bonds is 5. The van der Waals surface area contributed by atoms with Gasteiger partial charge in [0.05, 0.1) is 23.0 Å². The molecule has 9 nitrogen and oxygen atoms in total. The van der Waals surface area contributed by atoms with E-state index in [0.29, 0.717) is 11.6 Å². The van der Waals surface area contributed by atoms with Gasteiger partial charge in [-0.2, -0.15) is 5.10 Å². The number of hydrogen-bond donors (Lipinski definition) is 1. The van der Waals surface area contributed by atoms with E-state index in [1.807, 2.05) is 23.3 Å². The summed E-state index contributed by atoms with van der Waals surface area (Å²) in [6.45, 7) is 9.18. The van der Waals surface area contributed by atoms with Crippen molar-refractivity contribution in [3.05, 3.63) is 53.5 Å². The van der Waals surface area contributed by atoms with Crippen molar-refractivity contribution in [2.75, 3.05) is 13.1 Å². The number of amides is 1. The molecule has 0 bridgehead atoms. The van der Waals surface area contributed by atoms with Crippen molar-refractivity contribution in [3.63, 3.8) is 0 Å². The fourth-order valence-corrected chi connectivity index (χ4v) is 4.70.